The highest BCUT2D eigenvalue weighted by Gasteiger charge is 2.58. The van der Waals surface area contributed by atoms with Crippen LogP contribution < -0.4 is 5.73 Å². The van der Waals surface area contributed by atoms with E-state index in [1.807, 2.05) is 13.8 Å². The van der Waals surface area contributed by atoms with Gasteiger partial charge in [-0.3, -0.25) is 4.99 Å². The highest BCUT2D eigenvalue weighted by atomic mass is 14.9. The van der Waals surface area contributed by atoms with Crippen molar-refractivity contribution in [1.29, 1.82) is 5.26 Å². The van der Waals surface area contributed by atoms with Gasteiger partial charge in [-0.15, -0.1) is 0 Å². The maximum atomic E-state index is 9.78. The van der Waals surface area contributed by atoms with E-state index in [2.05, 4.69) is 85.7 Å². The summed E-state index contributed by atoms with van der Waals surface area (Å²) < 4.78 is 0. The lowest BCUT2D eigenvalue weighted by Crippen LogP contribution is -2.42. The Labute approximate surface area is 200 Å². The minimum atomic E-state index is -0.715. The number of nitrogens with two attached hydrogens (primary N) is 1. The van der Waals surface area contributed by atoms with Crippen LogP contribution in [0.5, 0.6) is 0 Å². The van der Waals surface area contributed by atoms with Gasteiger partial charge in [-0.05, 0) is 77.3 Å². The third-order valence-electron chi connectivity index (χ3n) is 10.3. The number of nitrogens with zero attached hydrogens (tertiary/aromatic N) is 2. The molecule has 2 bridgehead atoms. The van der Waals surface area contributed by atoms with Gasteiger partial charge in [0.25, 0.3) is 0 Å². The summed E-state index contributed by atoms with van der Waals surface area (Å²) in [6, 6.07) is 7.35. The quantitative estimate of drug-likeness (QED) is 0.544. The zero-order chi connectivity index (χ0) is 24.8. The summed E-state index contributed by atoms with van der Waals surface area (Å²) in [5.74, 6) is 0.133. The normalized spacial score (nSPS) is 29.6. The van der Waals surface area contributed by atoms with Gasteiger partial charge < -0.3 is 5.73 Å². The fourth-order valence-corrected chi connectivity index (χ4v) is 6.70. The topological polar surface area (TPSA) is 62.2 Å². The molecule has 0 spiro atoms. The van der Waals surface area contributed by atoms with Crippen molar-refractivity contribution < 1.29 is 0 Å². The number of nitriles is 1. The lowest BCUT2D eigenvalue weighted by Gasteiger charge is -2.44. The van der Waals surface area contributed by atoms with E-state index in [1.165, 1.54) is 22.3 Å². The molecule has 1 aromatic carbocycles. The van der Waals surface area contributed by atoms with E-state index in [-0.39, 0.29) is 27.7 Å². The molecule has 0 saturated heterocycles. The summed E-state index contributed by atoms with van der Waals surface area (Å²) in [6.07, 6.45) is 6.11. The van der Waals surface area contributed by atoms with Gasteiger partial charge in [0.15, 0.2) is 0 Å². The summed E-state index contributed by atoms with van der Waals surface area (Å²) in [5.41, 5.74) is 14.2. The summed E-state index contributed by atoms with van der Waals surface area (Å²) >= 11 is 0. The van der Waals surface area contributed by atoms with Gasteiger partial charge in [0, 0.05) is 17.2 Å². The van der Waals surface area contributed by atoms with Crippen LogP contribution in [0.3, 0.4) is 0 Å². The van der Waals surface area contributed by atoms with Crippen molar-refractivity contribution >= 4 is 5.71 Å². The maximum Gasteiger partial charge on any atom is 0.0936 e. The molecular weight excluding hydrogens is 402 g/mol. The molecule has 2 N–H and O–H groups in total. The minimum absolute atomic E-state index is 0.0469. The highest BCUT2D eigenvalue weighted by molar-refractivity contribution is 6.13. The van der Waals surface area contributed by atoms with E-state index in [4.69, 9.17) is 10.7 Å². The second kappa shape index (κ2) is 6.84. The number of hydrogen-bond donors (Lipinski definition) is 1. The molecule has 2 atom stereocenters. The second-order valence-corrected chi connectivity index (χ2v) is 12.5. The number of benzene rings is 1. The van der Waals surface area contributed by atoms with Crippen molar-refractivity contribution in [3.05, 3.63) is 57.8 Å². The zero-order valence-corrected chi connectivity index (χ0v) is 22.3. The van der Waals surface area contributed by atoms with Crippen LogP contribution in [0.15, 0.2) is 40.5 Å². The molecule has 3 nitrogen and oxygen atoms in total. The van der Waals surface area contributed by atoms with E-state index in [0.29, 0.717) is 5.70 Å². The lowest BCUT2D eigenvalue weighted by atomic mass is 9.59. The molecule has 4 rings (SSSR count). The van der Waals surface area contributed by atoms with E-state index in [0.717, 1.165) is 24.1 Å². The van der Waals surface area contributed by atoms with E-state index < -0.39 is 5.41 Å². The Morgan fingerprint density at radius 3 is 2.09 bits per heavy atom. The average molecular weight is 444 g/mol. The molecule has 0 fully saturated rings. The number of fused-ring (bicyclic) bond motifs is 5. The first-order valence-corrected chi connectivity index (χ1v) is 12.5. The van der Waals surface area contributed by atoms with Crippen LogP contribution in [0.1, 0.15) is 104 Å². The number of allylic oxidation sites excluding steroid dienone is 3. The van der Waals surface area contributed by atoms with Crippen LogP contribution in [-0.4, -0.2) is 5.71 Å². The van der Waals surface area contributed by atoms with Gasteiger partial charge >= 0.3 is 0 Å². The smallest absolute Gasteiger partial charge is 0.0936 e. The SMILES string of the molecule is CCC1C(=C(N)C(C)(C)C#N)C=CC2=NC1(CC)c1cc3c(cc12)C(C)(C)C(C)(C)C3(C)C. The minimum Gasteiger partial charge on any atom is -0.401 e. The van der Waals surface area contributed by atoms with Crippen LogP contribution in [0.2, 0.25) is 0 Å². The number of hydrogen-bond acceptors (Lipinski definition) is 3. The van der Waals surface area contributed by atoms with Crippen LogP contribution in [0.25, 0.3) is 0 Å². The van der Waals surface area contributed by atoms with Crippen LogP contribution >= 0.6 is 0 Å². The first-order valence-electron chi connectivity index (χ1n) is 12.5. The molecule has 2 heterocycles. The monoisotopic (exact) mass is 443 g/mol. The second-order valence-electron chi connectivity index (χ2n) is 12.5. The van der Waals surface area contributed by atoms with E-state index >= 15 is 0 Å². The van der Waals surface area contributed by atoms with Crippen molar-refractivity contribution in [2.75, 3.05) is 0 Å². The maximum absolute atomic E-state index is 9.78. The molecule has 1 aromatic rings. The fourth-order valence-electron chi connectivity index (χ4n) is 6.70. The molecule has 33 heavy (non-hydrogen) atoms. The average Bonchev–Trinajstić information content (AvgIpc) is 3.01. The Hall–Kier alpha value is -2.34. The first-order chi connectivity index (χ1) is 15.1. The van der Waals surface area contributed by atoms with Crippen LogP contribution in [0, 0.1) is 28.1 Å². The fraction of sp³-hybridized carbons (Fsp3) is 0.600. The highest BCUT2D eigenvalue weighted by Crippen LogP contribution is 2.63. The number of rotatable bonds is 3. The summed E-state index contributed by atoms with van der Waals surface area (Å²) in [7, 11) is 0. The Morgan fingerprint density at radius 1 is 1.00 bits per heavy atom. The predicted octanol–water partition coefficient (Wildman–Crippen LogP) is 7.05. The van der Waals surface area contributed by atoms with Gasteiger partial charge in [0.2, 0.25) is 0 Å². The molecule has 0 saturated carbocycles. The van der Waals surface area contributed by atoms with Gasteiger partial charge in [-0.1, -0.05) is 67.5 Å². The Balaban J connectivity index is 2.03. The molecule has 0 radical (unpaired) electrons. The molecule has 2 aliphatic heterocycles. The molecule has 0 aromatic heterocycles. The molecule has 3 heteroatoms. The summed E-state index contributed by atoms with van der Waals surface area (Å²) in [5, 5.41) is 9.78. The Bertz CT molecular complexity index is 1160. The van der Waals surface area contributed by atoms with E-state index in [9.17, 15) is 5.26 Å². The predicted molar refractivity (Wildman–Crippen MR) is 138 cm³/mol. The third-order valence-corrected chi connectivity index (χ3v) is 10.3. The largest absolute Gasteiger partial charge is 0.401 e. The molecule has 3 aliphatic rings. The van der Waals surface area contributed by atoms with Gasteiger partial charge in [-0.2, -0.15) is 5.26 Å². The zero-order valence-electron chi connectivity index (χ0n) is 22.3. The van der Waals surface area contributed by atoms with Crippen molar-refractivity contribution in [1.82, 2.24) is 0 Å². The lowest BCUT2D eigenvalue weighted by molar-refractivity contribution is 0.125. The molecule has 0 amide bonds. The van der Waals surface area contributed by atoms with Crippen molar-refractivity contribution in [3.8, 4) is 6.07 Å². The Morgan fingerprint density at radius 2 is 1.58 bits per heavy atom. The first kappa shape index (κ1) is 23.8. The molecule has 2 unspecified atom stereocenters. The number of aliphatic imine (C=N–C) groups is 1. The molecule has 176 valence electrons. The summed E-state index contributed by atoms with van der Waals surface area (Å²) in [6.45, 7) is 22.7. The van der Waals surface area contributed by atoms with Crippen molar-refractivity contribution in [3.63, 3.8) is 0 Å². The van der Waals surface area contributed by atoms with Crippen LogP contribution in [0.4, 0.5) is 0 Å². The van der Waals surface area contributed by atoms with Gasteiger partial charge in [-0.25, -0.2) is 0 Å². The summed E-state index contributed by atoms with van der Waals surface area (Å²) in [4.78, 5) is 5.43. The molecule has 1 aliphatic carbocycles. The van der Waals surface area contributed by atoms with Gasteiger partial charge in [0.05, 0.1) is 22.7 Å². The standard InChI is InChI=1S/C30H41N3/c1-11-20-18(25(32)26(3,4)17-31)13-14-24-19-15-22-23(16-21(19)30(20,12-2)33-24)28(7,8)29(9,10)27(22,5)6/h13-16,20H,11-12,32H2,1-10H3. The van der Waals surface area contributed by atoms with Crippen molar-refractivity contribution in [2.45, 2.75) is 98.4 Å². The van der Waals surface area contributed by atoms with Crippen LogP contribution in [-0.2, 0) is 16.4 Å². The van der Waals surface area contributed by atoms with E-state index in [1.54, 1.807) is 0 Å². The van der Waals surface area contributed by atoms with Gasteiger partial charge in [0.1, 0.15) is 0 Å². The van der Waals surface area contributed by atoms with Crippen molar-refractivity contribution in [2.24, 2.45) is 27.5 Å². The molecular formula is C30H41N3. The third kappa shape index (κ3) is 2.70. The Kier molecular flexibility index (Phi) is 4.94.